The molecule has 1 atom stereocenters. The Labute approximate surface area is 131 Å². The van der Waals surface area contributed by atoms with Crippen molar-refractivity contribution >= 4 is 23.5 Å². The second kappa shape index (κ2) is 7.28. The molecule has 2 rings (SSSR count). The zero-order valence-electron chi connectivity index (χ0n) is 12.7. The Morgan fingerprint density at radius 1 is 1.10 bits per heavy atom. The molecule has 2 aromatic carbocycles. The van der Waals surface area contributed by atoms with E-state index in [0.29, 0.717) is 6.54 Å². The van der Waals surface area contributed by atoms with Crippen LogP contribution in [0, 0.1) is 13.8 Å². The summed E-state index contributed by atoms with van der Waals surface area (Å²) in [4.78, 5) is 4.49. The molecule has 0 aliphatic heterocycles. The maximum Gasteiger partial charge on any atom is 0.0588 e. The Hall–Kier alpha value is -1.80. The number of benzene rings is 2. The summed E-state index contributed by atoms with van der Waals surface area (Å²) in [6.45, 7) is 7.08. The molecule has 2 nitrogen and oxygen atoms in total. The normalized spacial score (nSPS) is 12.6. The topological polar surface area (TPSA) is 24.4 Å². The predicted octanol–water partition coefficient (Wildman–Crippen LogP) is 4.88. The summed E-state index contributed by atoms with van der Waals surface area (Å²) in [6, 6.07) is 14.3. The van der Waals surface area contributed by atoms with Gasteiger partial charge in [-0.1, -0.05) is 48.0 Å². The molecular formula is C18H21ClN2. The molecule has 0 aliphatic carbocycles. The molecule has 0 amide bonds. The number of para-hydroxylation sites is 1. The molecule has 0 saturated heterocycles. The summed E-state index contributed by atoms with van der Waals surface area (Å²) in [5.41, 5.74) is 4.69. The second-order valence-electron chi connectivity index (χ2n) is 5.33. The maximum absolute atomic E-state index is 6.10. The van der Waals surface area contributed by atoms with Crippen LogP contribution < -0.4 is 5.32 Å². The van der Waals surface area contributed by atoms with E-state index in [0.717, 1.165) is 10.6 Å². The fraction of sp³-hybridized carbons (Fsp3) is 0.278. The molecule has 110 valence electrons. The zero-order valence-corrected chi connectivity index (χ0v) is 13.5. The van der Waals surface area contributed by atoms with Gasteiger partial charge in [0.2, 0.25) is 0 Å². The zero-order chi connectivity index (χ0) is 15.2. The quantitative estimate of drug-likeness (QED) is 0.782. The van der Waals surface area contributed by atoms with Gasteiger partial charge in [0.25, 0.3) is 0 Å². The van der Waals surface area contributed by atoms with Crippen molar-refractivity contribution < 1.29 is 0 Å². The van der Waals surface area contributed by atoms with E-state index in [1.54, 1.807) is 0 Å². The number of hydrogen-bond acceptors (Lipinski definition) is 2. The average molecular weight is 301 g/mol. The molecule has 1 unspecified atom stereocenters. The smallest absolute Gasteiger partial charge is 0.0588 e. The summed E-state index contributed by atoms with van der Waals surface area (Å²) in [7, 11) is 0. The molecule has 1 N–H and O–H groups in total. The van der Waals surface area contributed by atoms with Crippen molar-refractivity contribution in [2.45, 2.75) is 26.8 Å². The van der Waals surface area contributed by atoms with E-state index in [1.165, 1.54) is 16.8 Å². The number of anilines is 1. The van der Waals surface area contributed by atoms with E-state index in [-0.39, 0.29) is 6.04 Å². The van der Waals surface area contributed by atoms with Crippen LogP contribution in [-0.2, 0) is 0 Å². The summed E-state index contributed by atoms with van der Waals surface area (Å²) in [5, 5.41) is 4.27. The van der Waals surface area contributed by atoms with Crippen molar-refractivity contribution in [2.24, 2.45) is 4.99 Å². The second-order valence-corrected chi connectivity index (χ2v) is 5.74. The summed E-state index contributed by atoms with van der Waals surface area (Å²) < 4.78 is 0. The van der Waals surface area contributed by atoms with E-state index in [9.17, 15) is 0 Å². The highest BCUT2D eigenvalue weighted by molar-refractivity contribution is 6.33. The molecule has 2 aromatic rings. The van der Waals surface area contributed by atoms with E-state index in [1.807, 2.05) is 30.5 Å². The number of nitrogens with one attached hydrogen (secondary N) is 1. The third kappa shape index (κ3) is 4.33. The lowest BCUT2D eigenvalue weighted by Crippen LogP contribution is -2.20. The molecule has 21 heavy (non-hydrogen) atoms. The minimum Gasteiger partial charge on any atom is -0.380 e. The van der Waals surface area contributed by atoms with Crippen LogP contribution in [0.4, 0.5) is 5.69 Å². The molecule has 0 aliphatic rings. The van der Waals surface area contributed by atoms with Crippen molar-refractivity contribution in [1.29, 1.82) is 0 Å². The SMILES string of the molecule is Cc1cccc(C)c1NC(C)C/N=C/c1ccccc1Cl. The third-order valence-electron chi connectivity index (χ3n) is 3.39. The number of aliphatic imine (C=N–C) groups is 1. The van der Waals surface area contributed by atoms with Crippen LogP contribution in [0.5, 0.6) is 0 Å². The Kier molecular flexibility index (Phi) is 5.40. The highest BCUT2D eigenvalue weighted by Crippen LogP contribution is 2.20. The lowest BCUT2D eigenvalue weighted by Gasteiger charge is -2.17. The van der Waals surface area contributed by atoms with Crippen molar-refractivity contribution in [3.63, 3.8) is 0 Å². The number of halogens is 1. The van der Waals surface area contributed by atoms with Crippen molar-refractivity contribution in [3.05, 3.63) is 64.2 Å². The minimum atomic E-state index is 0.267. The molecule has 3 heteroatoms. The lowest BCUT2D eigenvalue weighted by molar-refractivity contribution is 0.805. The summed E-state index contributed by atoms with van der Waals surface area (Å²) >= 11 is 6.10. The predicted molar refractivity (Wildman–Crippen MR) is 92.9 cm³/mol. The number of hydrogen-bond donors (Lipinski definition) is 1. The first-order chi connectivity index (χ1) is 10.1. The van der Waals surface area contributed by atoms with Crippen LogP contribution in [-0.4, -0.2) is 18.8 Å². The highest BCUT2D eigenvalue weighted by atomic mass is 35.5. The molecule has 0 heterocycles. The van der Waals surface area contributed by atoms with Crippen LogP contribution >= 0.6 is 11.6 Å². The molecule has 0 radical (unpaired) electrons. The number of nitrogens with zero attached hydrogens (tertiary/aromatic N) is 1. The van der Waals surface area contributed by atoms with Crippen LogP contribution in [0.25, 0.3) is 0 Å². The fourth-order valence-electron chi connectivity index (χ4n) is 2.22. The first-order valence-electron chi connectivity index (χ1n) is 7.15. The van der Waals surface area contributed by atoms with Crippen LogP contribution in [0.2, 0.25) is 5.02 Å². The maximum atomic E-state index is 6.10. The molecule has 0 spiro atoms. The Morgan fingerprint density at radius 2 is 1.76 bits per heavy atom. The average Bonchev–Trinajstić information content (AvgIpc) is 2.45. The fourth-order valence-corrected chi connectivity index (χ4v) is 2.41. The third-order valence-corrected chi connectivity index (χ3v) is 3.73. The van der Waals surface area contributed by atoms with Gasteiger partial charge >= 0.3 is 0 Å². The van der Waals surface area contributed by atoms with Crippen molar-refractivity contribution in [3.8, 4) is 0 Å². The van der Waals surface area contributed by atoms with Gasteiger partial charge in [-0.2, -0.15) is 0 Å². The molecule has 0 aromatic heterocycles. The molecule has 0 fully saturated rings. The minimum absolute atomic E-state index is 0.267. The van der Waals surface area contributed by atoms with E-state index < -0.39 is 0 Å². The van der Waals surface area contributed by atoms with Crippen molar-refractivity contribution in [2.75, 3.05) is 11.9 Å². The van der Waals surface area contributed by atoms with Crippen LogP contribution in [0.1, 0.15) is 23.6 Å². The van der Waals surface area contributed by atoms with Gasteiger partial charge in [-0.3, -0.25) is 4.99 Å². The molecule has 0 saturated carbocycles. The number of aryl methyl sites for hydroxylation is 2. The van der Waals surface area contributed by atoms with Gasteiger partial charge in [-0.05, 0) is 38.0 Å². The summed E-state index contributed by atoms with van der Waals surface area (Å²) in [5.74, 6) is 0. The van der Waals surface area contributed by atoms with Crippen LogP contribution in [0.15, 0.2) is 47.5 Å². The first-order valence-corrected chi connectivity index (χ1v) is 7.53. The molecule has 0 bridgehead atoms. The summed E-state index contributed by atoms with van der Waals surface area (Å²) in [6.07, 6.45) is 1.84. The first kappa shape index (κ1) is 15.6. The van der Waals surface area contributed by atoms with Crippen LogP contribution in [0.3, 0.4) is 0 Å². The Bertz CT molecular complexity index is 615. The highest BCUT2D eigenvalue weighted by Gasteiger charge is 2.05. The van der Waals surface area contributed by atoms with Crippen molar-refractivity contribution in [1.82, 2.24) is 0 Å². The van der Waals surface area contributed by atoms with Gasteiger partial charge in [-0.15, -0.1) is 0 Å². The monoisotopic (exact) mass is 300 g/mol. The standard InChI is InChI=1S/C18H21ClN2/c1-13-7-6-8-14(2)18(13)21-15(3)11-20-12-16-9-4-5-10-17(16)19/h4-10,12,15,21H,11H2,1-3H3/b20-12+. The molecular weight excluding hydrogens is 280 g/mol. The van der Waals surface area contributed by atoms with Gasteiger partial charge in [0, 0.05) is 28.5 Å². The Balaban J connectivity index is 1.97. The largest absolute Gasteiger partial charge is 0.380 e. The van der Waals surface area contributed by atoms with Gasteiger partial charge < -0.3 is 5.32 Å². The van der Waals surface area contributed by atoms with Gasteiger partial charge in [-0.25, -0.2) is 0 Å². The lowest BCUT2D eigenvalue weighted by atomic mass is 10.1. The van der Waals surface area contributed by atoms with E-state index in [4.69, 9.17) is 11.6 Å². The van der Waals surface area contributed by atoms with E-state index >= 15 is 0 Å². The van der Waals surface area contributed by atoms with E-state index in [2.05, 4.69) is 49.3 Å². The Morgan fingerprint density at radius 3 is 2.43 bits per heavy atom. The van der Waals surface area contributed by atoms with Gasteiger partial charge in [0.05, 0.1) is 6.54 Å². The number of rotatable bonds is 5. The van der Waals surface area contributed by atoms with Gasteiger partial charge in [0.1, 0.15) is 0 Å². The van der Waals surface area contributed by atoms with Gasteiger partial charge in [0.15, 0.2) is 0 Å².